The van der Waals surface area contributed by atoms with E-state index in [0.717, 1.165) is 12.8 Å². The summed E-state index contributed by atoms with van der Waals surface area (Å²) in [5.41, 5.74) is 0. The molecule has 2 rings (SSSR count). The van der Waals surface area contributed by atoms with E-state index in [1.807, 2.05) is 0 Å². The molecule has 0 aromatic carbocycles. The molecule has 0 amide bonds. The first-order chi connectivity index (χ1) is 8.21. The molecular formula is C18H32Si2Ti. The maximum Gasteiger partial charge on any atom is 4.00 e. The van der Waals surface area contributed by atoms with Crippen LogP contribution in [0.1, 0.15) is 12.8 Å². The van der Waals surface area contributed by atoms with Gasteiger partial charge in [0.15, 0.2) is 0 Å². The van der Waals surface area contributed by atoms with E-state index in [4.69, 9.17) is 0 Å². The Bertz CT molecular complexity index is 362. The van der Waals surface area contributed by atoms with E-state index in [-0.39, 0.29) is 36.6 Å². The summed E-state index contributed by atoms with van der Waals surface area (Å²) >= 11 is 0. The minimum absolute atomic E-state index is 0. The molecule has 0 spiro atoms. The van der Waals surface area contributed by atoms with Crippen molar-refractivity contribution >= 4 is 16.1 Å². The molecule has 0 atom stereocenters. The SMILES string of the molecule is C[Si](C)(C)C1=[C-]CC=C1.C[Si](C)(C)C1=[C-]CC=C1.[CH3-].[CH3-].[Ti+4]. The van der Waals surface area contributed by atoms with Crippen LogP contribution in [0.5, 0.6) is 0 Å². The van der Waals surface area contributed by atoms with E-state index in [1.54, 1.807) is 0 Å². The second kappa shape index (κ2) is 10.8. The van der Waals surface area contributed by atoms with Gasteiger partial charge in [0.05, 0.1) is 0 Å². The fourth-order valence-electron chi connectivity index (χ4n) is 1.84. The van der Waals surface area contributed by atoms with Gasteiger partial charge in [-0.3, -0.25) is 12.2 Å². The average molecular weight is 352 g/mol. The molecule has 2 aliphatic rings. The molecule has 21 heavy (non-hydrogen) atoms. The molecule has 0 fully saturated rings. The quantitative estimate of drug-likeness (QED) is 0.422. The van der Waals surface area contributed by atoms with Crippen LogP contribution in [0.25, 0.3) is 0 Å². The van der Waals surface area contributed by atoms with Gasteiger partial charge >= 0.3 is 21.7 Å². The Morgan fingerprint density at radius 2 is 1.00 bits per heavy atom. The zero-order valence-corrected chi connectivity index (χ0v) is 18.8. The van der Waals surface area contributed by atoms with Gasteiger partial charge in [-0.1, -0.05) is 39.3 Å². The number of rotatable bonds is 2. The van der Waals surface area contributed by atoms with Crippen LogP contribution in [-0.4, -0.2) is 16.1 Å². The van der Waals surface area contributed by atoms with Gasteiger partial charge in [-0.05, 0) is 0 Å². The van der Waals surface area contributed by atoms with Crippen molar-refractivity contribution in [3.63, 3.8) is 0 Å². The molecule has 0 bridgehead atoms. The summed E-state index contributed by atoms with van der Waals surface area (Å²) in [7, 11) is -2.01. The molecule has 116 valence electrons. The van der Waals surface area contributed by atoms with E-state index < -0.39 is 16.1 Å². The first-order valence-corrected chi connectivity index (χ1v) is 13.8. The zero-order valence-electron chi connectivity index (χ0n) is 15.2. The predicted octanol–water partition coefficient (Wildman–Crippen LogP) is 6.00. The van der Waals surface area contributed by atoms with Gasteiger partial charge < -0.3 is 14.9 Å². The van der Waals surface area contributed by atoms with Gasteiger partial charge in [-0.2, -0.15) is 12.2 Å². The summed E-state index contributed by atoms with van der Waals surface area (Å²) in [6.07, 6.45) is 17.6. The summed E-state index contributed by atoms with van der Waals surface area (Å²) in [6.45, 7) is 14.1. The van der Waals surface area contributed by atoms with Gasteiger partial charge in [0.25, 0.3) is 0 Å². The topological polar surface area (TPSA) is 0 Å². The predicted molar refractivity (Wildman–Crippen MR) is 101 cm³/mol. The maximum absolute atomic E-state index is 3.36. The van der Waals surface area contributed by atoms with Gasteiger partial charge in [0, 0.05) is 16.1 Å². The Hall–Kier alpha value is 0.108. The Kier molecular flexibility index (Phi) is 13.3. The van der Waals surface area contributed by atoms with Gasteiger partial charge in [0.1, 0.15) is 0 Å². The second-order valence-electron chi connectivity index (χ2n) is 6.89. The third-order valence-corrected chi connectivity index (χ3v) is 6.92. The Balaban J connectivity index is -0.000000270. The minimum Gasteiger partial charge on any atom is -0.358 e. The van der Waals surface area contributed by atoms with Crippen LogP contribution in [0.2, 0.25) is 39.3 Å². The largest absolute Gasteiger partial charge is 4.00 e. The van der Waals surface area contributed by atoms with Crippen LogP contribution < -0.4 is 0 Å². The van der Waals surface area contributed by atoms with E-state index in [0.29, 0.717) is 0 Å². The van der Waals surface area contributed by atoms with Crippen molar-refractivity contribution < 1.29 is 21.7 Å². The first-order valence-electron chi connectivity index (χ1n) is 6.77. The molecule has 0 aromatic rings. The molecular weight excluding hydrogens is 320 g/mol. The summed E-state index contributed by atoms with van der Waals surface area (Å²) in [5, 5.41) is 2.98. The zero-order chi connectivity index (χ0) is 13.8. The Morgan fingerprint density at radius 3 is 1.10 bits per heavy atom. The van der Waals surface area contributed by atoms with Crippen molar-refractivity contribution in [2.24, 2.45) is 0 Å². The van der Waals surface area contributed by atoms with Crippen molar-refractivity contribution in [1.29, 1.82) is 0 Å². The molecule has 0 aliphatic heterocycles. The van der Waals surface area contributed by atoms with E-state index >= 15 is 0 Å². The molecule has 0 radical (unpaired) electrons. The molecule has 0 saturated carbocycles. The summed E-state index contributed by atoms with van der Waals surface area (Å²) in [6, 6.07) is 0. The fraction of sp³-hybridized carbons (Fsp3) is 0.444. The monoisotopic (exact) mass is 352 g/mol. The van der Waals surface area contributed by atoms with E-state index in [2.05, 4.69) is 75.7 Å². The van der Waals surface area contributed by atoms with Gasteiger partial charge in [-0.15, -0.1) is 12.8 Å². The van der Waals surface area contributed by atoms with Crippen molar-refractivity contribution in [1.82, 2.24) is 0 Å². The van der Waals surface area contributed by atoms with Crippen LogP contribution in [0.15, 0.2) is 34.7 Å². The second-order valence-corrected chi connectivity index (χ2v) is 17.0. The minimum atomic E-state index is -1.01. The molecule has 0 heterocycles. The van der Waals surface area contributed by atoms with Gasteiger partial charge in [0.2, 0.25) is 0 Å². The standard InChI is InChI=1S/2C8H13Si.2CH3.Ti/c2*1-9(2,3)8-6-4-5-7-8;;;/h2*4,6H,5H2,1-3H3;2*1H3;/q4*-1;+4. The third kappa shape index (κ3) is 9.67. The summed E-state index contributed by atoms with van der Waals surface area (Å²) in [4.78, 5) is 0. The molecule has 0 unspecified atom stereocenters. The van der Waals surface area contributed by atoms with Crippen LogP contribution >= 0.6 is 0 Å². The smallest absolute Gasteiger partial charge is 0.358 e. The van der Waals surface area contributed by atoms with Crippen LogP contribution in [0, 0.1) is 27.0 Å². The van der Waals surface area contributed by atoms with Crippen molar-refractivity contribution in [2.75, 3.05) is 0 Å². The maximum atomic E-state index is 3.36. The number of hydrogen-bond donors (Lipinski definition) is 0. The molecule has 0 aromatic heterocycles. The molecule has 0 saturated heterocycles. The molecule has 3 heteroatoms. The average Bonchev–Trinajstić information content (AvgIpc) is 2.91. The fourth-order valence-corrected chi connectivity index (χ4v) is 4.34. The third-order valence-electron chi connectivity index (χ3n) is 3.01. The Labute approximate surface area is 151 Å². The number of hydrogen-bond acceptors (Lipinski definition) is 0. The molecule has 2 aliphatic carbocycles. The Morgan fingerprint density at radius 1 is 0.714 bits per heavy atom. The molecule has 0 N–H and O–H groups in total. The van der Waals surface area contributed by atoms with E-state index in [9.17, 15) is 0 Å². The number of allylic oxidation sites excluding steroid dienone is 8. The van der Waals surface area contributed by atoms with Crippen LogP contribution in [-0.2, 0) is 21.7 Å². The van der Waals surface area contributed by atoms with E-state index in [1.165, 1.54) is 10.4 Å². The normalized spacial score (nSPS) is 15.7. The van der Waals surface area contributed by atoms with Gasteiger partial charge in [-0.25, -0.2) is 22.5 Å². The van der Waals surface area contributed by atoms with Crippen molar-refractivity contribution in [3.05, 3.63) is 61.7 Å². The van der Waals surface area contributed by atoms with Crippen LogP contribution in [0.4, 0.5) is 0 Å². The van der Waals surface area contributed by atoms with Crippen molar-refractivity contribution in [3.8, 4) is 0 Å². The molecule has 0 nitrogen and oxygen atoms in total. The summed E-state index contributed by atoms with van der Waals surface area (Å²) < 4.78 is 0. The van der Waals surface area contributed by atoms with Crippen LogP contribution in [0.3, 0.4) is 0 Å². The summed E-state index contributed by atoms with van der Waals surface area (Å²) in [5.74, 6) is 0. The first kappa shape index (κ1) is 26.0. The van der Waals surface area contributed by atoms with Crippen molar-refractivity contribution in [2.45, 2.75) is 52.1 Å².